The van der Waals surface area contributed by atoms with Gasteiger partial charge in [0.1, 0.15) is 5.69 Å². The molecule has 21 heavy (non-hydrogen) atoms. The highest BCUT2D eigenvalue weighted by molar-refractivity contribution is 7.91. The first-order valence-corrected chi connectivity index (χ1v) is 8.10. The van der Waals surface area contributed by atoms with E-state index < -0.39 is 21.8 Å². The molecule has 1 N–H and O–H groups in total. The van der Waals surface area contributed by atoms with Crippen LogP contribution in [0.3, 0.4) is 0 Å². The summed E-state index contributed by atoms with van der Waals surface area (Å²) in [5.41, 5.74) is 0.424. The number of sulfone groups is 1. The summed E-state index contributed by atoms with van der Waals surface area (Å²) in [5.74, 6) is -1.21. The van der Waals surface area contributed by atoms with Crippen molar-refractivity contribution in [3.63, 3.8) is 0 Å². The highest BCUT2D eigenvalue weighted by atomic mass is 32.2. The normalized spacial score (nSPS) is 20.5. The van der Waals surface area contributed by atoms with Crippen LogP contribution in [0.5, 0.6) is 0 Å². The van der Waals surface area contributed by atoms with E-state index in [1.54, 1.807) is 18.2 Å². The fraction of sp³-hybridized carbons (Fsp3) is 0.333. The van der Waals surface area contributed by atoms with Gasteiger partial charge in [0.15, 0.2) is 15.5 Å². The molecule has 0 bridgehead atoms. The molecule has 8 nitrogen and oxygen atoms in total. The van der Waals surface area contributed by atoms with Crippen molar-refractivity contribution in [2.45, 2.75) is 12.5 Å². The van der Waals surface area contributed by atoms with Gasteiger partial charge in [-0.3, -0.25) is 4.98 Å². The monoisotopic (exact) mass is 308 g/mol. The zero-order valence-corrected chi connectivity index (χ0v) is 11.7. The minimum Gasteiger partial charge on any atom is -0.476 e. The molecule has 3 heterocycles. The summed E-state index contributed by atoms with van der Waals surface area (Å²) in [4.78, 5) is 15.4. The predicted octanol–water partition coefficient (Wildman–Crippen LogP) is 0.398. The van der Waals surface area contributed by atoms with E-state index in [-0.39, 0.29) is 22.9 Å². The maximum absolute atomic E-state index is 11.6. The number of carbonyl (C=O) groups is 1. The average molecular weight is 308 g/mol. The molecule has 0 spiro atoms. The number of aromatic carboxylic acids is 1. The molecule has 1 saturated heterocycles. The van der Waals surface area contributed by atoms with Crippen LogP contribution in [-0.2, 0) is 9.84 Å². The topological polar surface area (TPSA) is 115 Å². The Kier molecular flexibility index (Phi) is 3.20. The predicted molar refractivity (Wildman–Crippen MR) is 72.5 cm³/mol. The molecule has 3 rings (SSSR count). The van der Waals surface area contributed by atoms with E-state index in [9.17, 15) is 18.3 Å². The first kappa shape index (κ1) is 13.7. The van der Waals surface area contributed by atoms with Gasteiger partial charge >= 0.3 is 5.97 Å². The summed E-state index contributed by atoms with van der Waals surface area (Å²) in [5, 5.41) is 16.7. The maximum Gasteiger partial charge on any atom is 0.358 e. The van der Waals surface area contributed by atoms with Gasteiger partial charge in [0, 0.05) is 6.20 Å². The molecule has 0 amide bonds. The standard InChI is InChI=1S/C12H12N4O4S/c17-12(18)10-11(9-3-1-2-5-13-9)16(15-14-10)8-4-6-21(19,20)7-8/h1-3,5,8H,4,6-7H2,(H,17,18). The van der Waals surface area contributed by atoms with Crippen LogP contribution in [0, 0.1) is 0 Å². The zero-order chi connectivity index (χ0) is 15.0. The van der Waals surface area contributed by atoms with Crippen molar-refractivity contribution in [3.8, 4) is 11.4 Å². The van der Waals surface area contributed by atoms with Crippen molar-refractivity contribution in [2.75, 3.05) is 11.5 Å². The first-order valence-electron chi connectivity index (χ1n) is 6.28. The third kappa shape index (κ3) is 2.51. The Morgan fingerprint density at radius 1 is 1.38 bits per heavy atom. The van der Waals surface area contributed by atoms with Crippen LogP contribution in [0.1, 0.15) is 23.0 Å². The second-order valence-corrected chi connectivity index (χ2v) is 7.04. The second kappa shape index (κ2) is 4.92. The van der Waals surface area contributed by atoms with Crippen molar-refractivity contribution in [3.05, 3.63) is 30.1 Å². The van der Waals surface area contributed by atoms with Crippen LogP contribution in [0.25, 0.3) is 11.4 Å². The van der Waals surface area contributed by atoms with E-state index >= 15 is 0 Å². The Balaban J connectivity index is 2.12. The van der Waals surface area contributed by atoms with Crippen molar-refractivity contribution >= 4 is 15.8 Å². The quantitative estimate of drug-likeness (QED) is 0.872. The van der Waals surface area contributed by atoms with Gasteiger partial charge in [-0.25, -0.2) is 17.9 Å². The van der Waals surface area contributed by atoms with Crippen LogP contribution >= 0.6 is 0 Å². The number of hydrogen-bond acceptors (Lipinski definition) is 6. The fourth-order valence-electron chi connectivity index (χ4n) is 2.40. The Labute approximate surface area is 120 Å². The zero-order valence-electron chi connectivity index (χ0n) is 10.9. The maximum atomic E-state index is 11.6. The minimum atomic E-state index is -3.11. The largest absolute Gasteiger partial charge is 0.476 e. The molecule has 1 atom stereocenters. The summed E-state index contributed by atoms with van der Waals surface area (Å²) in [7, 11) is -3.11. The van der Waals surface area contributed by atoms with Gasteiger partial charge in [-0.05, 0) is 18.6 Å². The lowest BCUT2D eigenvalue weighted by atomic mass is 10.2. The SMILES string of the molecule is O=C(O)c1nnn(C2CCS(=O)(=O)C2)c1-c1ccccn1. The van der Waals surface area contributed by atoms with Gasteiger partial charge < -0.3 is 5.11 Å². The summed E-state index contributed by atoms with van der Waals surface area (Å²) in [6, 6.07) is 4.66. The molecule has 110 valence electrons. The van der Waals surface area contributed by atoms with Crippen molar-refractivity contribution in [2.24, 2.45) is 0 Å². The Morgan fingerprint density at radius 3 is 2.76 bits per heavy atom. The Hall–Kier alpha value is -2.29. The highest BCUT2D eigenvalue weighted by Crippen LogP contribution is 2.29. The highest BCUT2D eigenvalue weighted by Gasteiger charge is 2.33. The first-order chi connectivity index (χ1) is 9.98. The minimum absolute atomic E-state index is 0.0603. The van der Waals surface area contributed by atoms with Gasteiger partial charge in [-0.1, -0.05) is 11.3 Å². The summed E-state index contributed by atoms with van der Waals surface area (Å²) in [6.07, 6.45) is 1.92. The number of carboxylic acids is 1. The Bertz CT molecular complexity index is 785. The molecule has 0 aromatic carbocycles. The van der Waals surface area contributed by atoms with E-state index in [0.717, 1.165) is 0 Å². The van der Waals surface area contributed by atoms with Crippen molar-refractivity contribution in [1.82, 2.24) is 20.0 Å². The third-order valence-electron chi connectivity index (χ3n) is 3.36. The number of hydrogen-bond donors (Lipinski definition) is 1. The fourth-order valence-corrected chi connectivity index (χ4v) is 4.09. The molecule has 1 unspecified atom stereocenters. The van der Waals surface area contributed by atoms with Gasteiger partial charge in [0.05, 0.1) is 23.2 Å². The number of nitrogens with zero attached hydrogens (tertiary/aromatic N) is 4. The van der Waals surface area contributed by atoms with E-state index in [4.69, 9.17) is 0 Å². The molecular formula is C12H12N4O4S. The summed E-state index contributed by atoms with van der Waals surface area (Å²) in [6.45, 7) is 0. The second-order valence-electron chi connectivity index (χ2n) is 4.81. The van der Waals surface area contributed by atoms with Crippen LogP contribution in [-0.4, -0.2) is 51.0 Å². The van der Waals surface area contributed by atoms with Gasteiger partial charge in [0.25, 0.3) is 0 Å². The van der Waals surface area contributed by atoms with Gasteiger partial charge in [-0.2, -0.15) is 0 Å². The number of rotatable bonds is 3. The number of aromatic nitrogens is 4. The number of pyridine rings is 1. The van der Waals surface area contributed by atoms with Crippen molar-refractivity contribution < 1.29 is 18.3 Å². The van der Waals surface area contributed by atoms with E-state index in [0.29, 0.717) is 12.1 Å². The summed E-state index contributed by atoms with van der Waals surface area (Å²) >= 11 is 0. The third-order valence-corrected chi connectivity index (χ3v) is 5.11. The number of carboxylic acid groups (broad SMARTS) is 1. The lowest BCUT2D eigenvalue weighted by Gasteiger charge is -2.11. The van der Waals surface area contributed by atoms with Gasteiger partial charge in [-0.15, -0.1) is 5.10 Å². The Morgan fingerprint density at radius 2 is 2.19 bits per heavy atom. The molecule has 1 aliphatic rings. The smallest absolute Gasteiger partial charge is 0.358 e. The van der Waals surface area contributed by atoms with E-state index in [1.807, 2.05) is 0 Å². The summed E-state index contributed by atoms with van der Waals surface area (Å²) < 4.78 is 24.6. The van der Waals surface area contributed by atoms with E-state index in [1.165, 1.54) is 10.9 Å². The molecule has 2 aromatic heterocycles. The van der Waals surface area contributed by atoms with Crippen LogP contribution in [0.2, 0.25) is 0 Å². The lowest BCUT2D eigenvalue weighted by molar-refractivity contribution is 0.0691. The van der Waals surface area contributed by atoms with Crippen LogP contribution in [0.4, 0.5) is 0 Å². The molecule has 9 heteroatoms. The lowest BCUT2D eigenvalue weighted by Crippen LogP contribution is -2.14. The van der Waals surface area contributed by atoms with Crippen molar-refractivity contribution in [1.29, 1.82) is 0 Å². The molecule has 1 aliphatic heterocycles. The molecule has 1 fully saturated rings. The molecule has 0 radical (unpaired) electrons. The van der Waals surface area contributed by atoms with E-state index in [2.05, 4.69) is 15.3 Å². The van der Waals surface area contributed by atoms with Crippen LogP contribution in [0.15, 0.2) is 24.4 Å². The average Bonchev–Trinajstić information content (AvgIpc) is 3.02. The molecule has 0 saturated carbocycles. The molecular weight excluding hydrogens is 296 g/mol. The molecule has 0 aliphatic carbocycles. The van der Waals surface area contributed by atoms with Crippen LogP contribution < -0.4 is 0 Å². The van der Waals surface area contributed by atoms with Gasteiger partial charge in [0.2, 0.25) is 0 Å². The molecule has 2 aromatic rings.